The molecule has 6 heteroatoms. The van der Waals surface area contributed by atoms with Crippen molar-refractivity contribution in [3.63, 3.8) is 0 Å². The maximum atomic E-state index is 13.9. The molecule has 0 saturated carbocycles. The van der Waals surface area contributed by atoms with Gasteiger partial charge in [-0.3, -0.25) is 9.59 Å². The van der Waals surface area contributed by atoms with E-state index in [9.17, 15) is 9.59 Å². The molecule has 0 heterocycles. The molecule has 6 nitrogen and oxygen atoms in total. The third-order valence-corrected chi connectivity index (χ3v) is 6.53. The molecular weight excluding hydrogens is 488 g/mol. The van der Waals surface area contributed by atoms with Gasteiger partial charge < -0.3 is 19.7 Å². The second kappa shape index (κ2) is 15.6. The fraction of sp³-hybridized carbons (Fsp3) is 0.394. The molecule has 0 fully saturated rings. The number of ether oxygens (including phenoxy) is 2. The first-order valence-electron chi connectivity index (χ1n) is 14.0. The molecule has 3 aromatic carbocycles. The molecule has 3 rings (SSSR count). The van der Waals surface area contributed by atoms with Gasteiger partial charge >= 0.3 is 0 Å². The topological polar surface area (TPSA) is 67.9 Å². The molecule has 0 aromatic heterocycles. The highest BCUT2D eigenvalue weighted by atomic mass is 16.5. The number of nitrogens with one attached hydrogen (secondary N) is 1. The minimum Gasteiger partial charge on any atom is -0.490 e. The maximum absolute atomic E-state index is 13.9. The van der Waals surface area contributed by atoms with E-state index in [-0.39, 0.29) is 18.2 Å². The molecule has 0 spiro atoms. The SMILES string of the molecule is CCCNC(=O)[C@H](Cc1ccccc1)N(Cc1ccc(C)cc1)C(=O)CCc1ccc(OCC)c(OCC)c1. The van der Waals surface area contributed by atoms with Crippen molar-refractivity contribution in [3.05, 3.63) is 95.1 Å². The second-order valence-electron chi connectivity index (χ2n) is 9.65. The first-order valence-corrected chi connectivity index (χ1v) is 14.0. The smallest absolute Gasteiger partial charge is 0.243 e. The van der Waals surface area contributed by atoms with E-state index in [0.29, 0.717) is 50.6 Å². The predicted molar refractivity (Wildman–Crippen MR) is 156 cm³/mol. The summed E-state index contributed by atoms with van der Waals surface area (Å²) in [6, 6.07) is 23.2. The average Bonchev–Trinajstić information content (AvgIpc) is 2.95. The van der Waals surface area contributed by atoms with Gasteiger partial charge in [0.15, 0.2) is 11.5 Å². The number of rotatable bonds is 15. The average molecular weight is 531 g/mol. The minimum atomic E-state index is -0.618. The lowest BCUT2D eigenvalue weighted by Gasteiger charge is -2.31. The molecular formula is C33H42N2O4. The van der Waals surface area contributed by atoms with Gasteiger partial charge in [-0.1, -0.05) is 73.2 Å². The Morgan fingerprint density at radius 3 is 2.15 bits per heavy atom. The van der Waals surface area contributed by atoms with E-state index in [0.717, 1.165) is 28.7 Å². The van der Waals surface area contributed by atoms with Crippen LogP contribution in [-0.4, -0.2) is 42.5 Å². The summed E-state index contributed by atoms with van der Waals surface area (Å²) in [4.78, 5) is 29.1. The first-order chi connectivity index (χ1) is 18.9. The fourth-order valence-corrected chi connectivity index (χ4v) is 4.46. The monoisotopic (exact) mass is 530 g/mol. The normalized spacial score (nSPS) is 11.5. The molecule has 0 aliphatic carbocycles. The zero-order chi connectivity index (χ0) is 28.0. The van der Waals surface area contributed by atoms with E-state index in [1.807, 2.05) is 100 Å². The number of hydrogen-bond donors (Lipinski definition) is 1. The van der Waals surface area contributed by atoms with Gasteiger partial charge in [-0.05, 0) is 62.4 Å². The Hall–Kier alpha value is -3.80. The molecule has 2 amide bonds. The lowest BCUT2D eigenvalue weighted by molar-refractivity contribution is -0.141. The van der Waals surface area contributed by atoms with Gasteiger partial charge in [0.1, 0.15) is 6.04 Å². The van der Waals surface area contributed by atoms with Gasteiger partial charge in [-0.25, -0.2) is 0 Å². The summed E-state index contributed by atoms with van der Waals surface area (Å²) >= 11 is 0. The molecule has 39 heavy (non-hydrogen) atoms. The number of aryl methyl sites for hydroxylation is 2. The van der Waals surface area contributed by atoms with Gasteiger partial charge in [-0.2, -0.15) is 0 Å². The molecule has 1 atom stereocenters. The van der Waals surface area contributed by atoms with Gasteiger partial charge in [0.25, 0.3) is 0 Å². The summed E-state index contributed by atoms with van der Waals surface area (Å²) in [6.07, 6.45) is 2.09. The van der Waals surface area contributed by atoms with Crippen LogP contribution in [0.25, 0.3) is 0 Å². The van der Waals surface area contributed by atoms with E-state index < -0.39 is 6.04 Å². The zero-order valence-electron chi connectivity index (χ0n) is 23.7. The zero-order valence-corrected chi connectivity index (χ0v) is 23.7. The Kier molecular flexibility index (Phi) is 11.9. The number of benzene rings is 3. The maximum Gasteiger partial charge on any atom is 0.243 e. The molecule has 0 unspecified atom stereocenters. The van der Waals surface area contributed by atoms with E-state index in [4.69, 9.17) is 9.47 Å². The molecule has 0 aliphatic heterocycles. The predicted octanol–water partition coefficient (Wildman–Crippen LogP) is 5.89. The van der Waals surface area contributed by atoms with Crippen molar-refractivity contribution >= 4 is 11.8 Å². The Labute approximate surface area is 233 Å². The first kappa shape index (κ1) is 29.8. The summed E-state index contributed by atoms with van der Waals surface area (Å²) in [5.41, 5.74) is 4.15. The number of carbonyl (C=O) groups excluding carboxylic acids is 2. The van der Waals surface area contributed by atoms with E-state index in [2.05, 4.69) is 5.32 Å². The second-order valence-corrected chi connectivity index (χ2v) is 9.65. The molecule has 0 saturated heterocycles. The minimum absolute atomic E-state index is 0.0602. The number of amides is 2. The molecule has 1 N–H and O–H groups in total. The summed E-state index contributed by atoms with van der Waals surface area (Å²) in [7, 11) is 0. The highest BCUT2D eigenvalue weighted by Gasteiger charge is 2.30. The van der Waals surface area contributed by atoms with Crippen molar-refractivity contribution in [1.29, 1.82) is 0 Å². The highest BCUT2D eigenvalue weighted by molar-refractivity contribution is 5.88. The number of hydrogen-bond acceptors (Lipinski definition) is 4. The quantitative estimate of drug-likeness (QED) is 0.266. The van der Waals surface area contributed by atoms with E-state index in [1.165, 1.54) is 0 Å². The third-order valence-electron chi connectivity index (χ3n) is 6.53. The third kappa shape index (κ3) is 9.17. The largest absolute Gasteiger partial charge is 0.490 e. The Morgan fingerprint density at radius 2 is 1.49 bits per heavy atom. The summed E-state index contributed by atoms with van der Waals surface area (Å²) in [5, 5.41) is 3.03. The van der Waals surface area contributed by atoms with Crippen molar-refractivity contribution in [2.45, 2.75) is 66.0 Å². The lowest BCUT2D eigenvalue weighted by atomic mass is 10.0. The van der Waals surface area contributed by atoms with E-state index >= 15 is 0 Å². The van der Waals surface area contributed by atoms with Crippen LogP contribution in [-0.2, 0) is 29.0 Å². The molecule has 3 aromatic rings. The van der Waals surface area contributed by atoms with Crippen LogP contribution in [0.2, 0.25) is 0 Å². The molecule has 208 valence electrons. The summed E-state index contributed by atoms with van der Waals surface area (Å²) < 4.78 is 11.5. The summed E-state index contributed by atoms with van der Waals surface area (Å²) in [6.45, 7) is 9.95. The van der Waals surface area contributed by atoms with Gasteiger partial charge in [0, 0.05) is 25.9 Å². The van der Waals surface area contributed by atoms with Gasteiger partial charge in [0.05, 0.1) is 13.2 Å². The lowest BCUT2D eigenvalue weighted by Crippen LogP contribution is -2.50. The van der Waals surface area contributed by atoms with Crippen LogP contribution in [0.1, 0.15) is 55.9 Å². The van der Waals surface area contributed by atoms with Crippen molar-refractivity contribution in [3.8, 4) is 11.5 Å². The van der Waals surface area contributed by atoms with Crippen molar-refractivity contribution in [1.82, 2.24) is 10.2 Å². The van der Waals surface area contributed by atoms with Gasteiger partial charge in [-0.15, -0.1) is 0 Å². The number of carbonyl (C=O) groups is 2. The van der Waals surface area contributed by atoms with Gasteiger partial charge in [0.2, 0.25) is 11.8 Å². The molecule has 0 radical (unpaired) electrons. The fourth-order valence-electron chi connectivity index (χ4n) is 4.46. The number of nitrogens with zero attached hydrogens (tertiary/aromatic N) is 1. The summed E-state index contributed by atoms with van der Waals surface area (Å²) in [5.74, 6) is 1.20. The Balaban J connectivity index is 1.87. The van der Waals surface area contributed by atoms with Crippen LogP contribution in [0.5, 0.6) is 11.5 Å². The highest BCUT2D eigenvalue weighted by Crippen LogP contribution is 2.29. The van der Waals surface area contributed by atoms with Crippen LogP contribution < -0.4 is 14.8 Å². The van der Waals surface area contributed by atoms with Crippen molar-refractivity contribution in [2.24, 2.45) is 0 Å². The molecule has 0 bridgehead atoms. The van der Waals surface area contributed by atoms with Crippen LogP contribution in [0, 0.1) is 6.92 Å². The molecule has 0 aliphatic rings. The van der Waals surface area contributed by atoms with Crippen LogP contribution in [0.15, 0.2) is 72.8 Å². The van der Waals surface area contributed by atoms with Crippen LogP contribution in [0.3, 0.4) is 0 Å². The van der Waals surface area contributed by atoms with Crippen molar-refractivity contribution < 1.29 is 19.1 Å². The standard InChI is InChI=1S/C33H42N2O4/c1-5-21-34-33(37)29(22-26-11-9-8-10-12-26)35(24-28-15-13-25(4)14-16-28)32(36)20-18-27-17-19-30(38-6-2)31(23-27)39-7-3/h8-17,19,23,29H,5-7,18,20-22,24H2,1-4H3,(H,34,37)/t29-/m0/s1. The van der Waals surface area contributed by atoms with E-state index in [1.54, 1.807) is 4.90 Å². The Bertz CT molecular complexity index is 1180. The van der Waals surface area contributed by atoms with Crippen LogP contribution >= 0.6 is 0 Å². The van der Waals surface area contributed by atoms with Crippen LogP contribution in [0.4, 0.5) is 0 Å². The van der Waals surface area contributed by atoms with Crippen molar-refractivity contribution in [2.75, 3.05) is 19.8 Å². The Morgan fingerprint density at radius 1 is 0.821 bits per heavy atom.